The molecule has 0 aromatic heterocycles. The zero-order valence-corrected chi connectivity index (χ0v) is 18.2. The van der Waals surface area contributed by atoms with Crippen LogP contribution in [-0.4, -0.2) is 31.0 Å². The fraction of sp³-hybridized carbons (Fsp3) is 0.480. The highest BCUT2D eigenvalue weighted by atomic mass is 16.5. The van der Waals surface area contributed by atoms with Crippen molar-refractivity contribution in [1.82, 2.24) is 10.2 Å². The fourth-order valence-electron chi connectivity index (χ4n) is 4.23. The van der Waals surface area contributed by atoms with Crippen molar-refractivity contribution in [2.75, 3.05) is 20.2 Å². The average Bonchev–Trinajstić information content (AvgIpc) is 2.72. The summed E-state index contributed by atoms with van der Waals surface area (Å²) in [5, 5.41) is 3.18. The number of hydrogen-bond acceptors (Lipinski definition) is 3. The molecule has 2 aromatic rings. The second-order valence-electron chi connectivity index (χ2n) is 8.34. The van der Waals surface area contributed by atoms with Gasteiger partial charge in [0, 0.05) is 18.7 Å². The first kappa shape index (κ1) is 21.4. The monoisotopic (exact) mass is 394 g/mol. The van der Waals surface area contributed by atoms with Crippen LogP contribution in [0.15, 0.2) is 42.5 Å². The first-order valence-electron chi connectivity index (χ1n) is 10.8. The van der Waals surface area contributed by atoms with Crippen LogP contribution in [0.5, 0.6) is 5.75 Å². The van der Waals surface area contributed by atoms with Crippen molar-refractivity contribution in [2.24, 2.45) is 5.92 Å². The van der Waals surface area contributed by atoms with Gasteiger partial charge in [-0.05, 0) is 73.5 Å². The minimum atomic E-state index is -0.0246. The summed E-state index contributed by atoms with van der Waals surface area (Å²) in [5.74, 6) is 1.62. The lowest BCUT2D eigenvalue weighted by Gasteiger charge is -2.30. The summed E-state index contributed by atoms with van der Waals surface area (Å²) in [6, 6.07) is 14.2. The van der Waals surface area contributed by atoms with E-state index in [-0.39, 0.29) is 11.9 Å². The number of benzene rings is 2. The number of likely N-dealkylation sites (tertiary alicyclic amines) is 1. The molecule has 2 unspecified atom stereocenters. The van der Waals surface area contributed by atoms with Crippen LogP contribution in [0.4, 0.5) is 0 Å². The lowest BCUT2D eigenvalue weighted by atomic mass is 9.99. The van der Waals surface area contributed by atoms with Gasteiger partial charge in [0.2, 0.25) is 0 Å². The molecule has 1 aliphatic heterocycles. The topological polar surface area (TPSA) is 41.6 Å². The minimum absolute atomic E-state index is 0.0124. The van der Waals surface area contributed by atoms with Gasteiger partial charge < -0.3 is 10.1 Å². The Labute approximate surface area is 175 Å². The molecule has 0 spiro atoms. The zero-order valence-electron chi connectivity index (χ0n) is 18.2. The fourth-order valence-corrected chi connectivity index (χ4v) is 4.23. The standard InChI is InChI=1S/C25H34N2O2/c1-5-23(22-12-13-24(29-4)19(3)15-22)26-25(28)21-10-8-20(9-11-21)17-27-14-6-7-18(2)16-27/h8-13,15,18,23H,5-7,14,16-17H2,1-4H3,(H,26,28). The number of carbonyl (C=O) groups is 1. The van der Waals surface area contributed by atoms with E-state index in [9.17, 15) is 4.79 Å². The zero-order chi connectivity index (χ0) is 20.8. The summed E-state index contributed by atoms with van der Waals surface area (Å²) in [6.07, 6.45) is 3.45. The largest absolute Gasteiger partial charge is 0.496 e. The smallest absolute Gasteiger partial charge is 0.251 e. The molecule has 2 atom stereocenters. The maximum atomic E-state index is 12.8. The van der Waals surface area contributed by atoms with Crippen LogP contribution in [0.25, 0.3) is 0 Å². The van der Waals surface area contributed by atoms with Crippen molar-refractivity contribution in [1.29, 1.82) is 0 Å². The Bertz CT molecular complexity index is 816. The highest BCUT2D eigenvalue weighted by Crippen LogP contribution is 2.24. The molecule has 1 heterocycles. The maximum absolute atomic E-state index is 12.8. The van der Waals surface area contributed by atoms with Crippen molar-refractivity contribution < 1.29 is 9.53 Å². The summed E-state index contributed by atoms with van der Waals surface area (Å²) in [5.41, 5.74) is 4.17. The van der Waals surface area contributed by atoms with Crippen LogP contribution in [0.2, 0.25) is 0 Å². The second-order valence-corrected chi connectivity index (χ2v) is 8.34. The summed E-state index contributed by atoms with van der Waals surface area (Å²) < 4.78 is 5.34. The summed E-state index contributed by atoms with van der Waals surface area (Å²) in [6.45, 7) is 9.75. The quantitative estimate of drug-likeness (QED) is 0.709. The Hall–Kier alpha value is -2.33. The molecule has 4 heteroatoms. The summed E-state index contributed by atoms with van der Waals surface area (Å²) >= 11 is 0. The lowest BCUT2D eigenvalue weighted by molar-refractivity contribution is 0.0935. The van der Waals surface area contributed by atoms with E-state index < -0.39 is 0 Å². The summed E-state index contributed by atoms with van der Waals surface area (Å²) in [4.78, 5) is 15.3. The van der Waals surface area contributed by atoms with Crippen LogP contribution < -0.4 is 10.1 Å². The average molecular weight is 395 g/mol. The van der Waals surface area contributed by atoms with Crippen LogP contribution in [0.3, 0.4) is 0 Å². The Kier molecular flexibility index (Phi) is 7.32. The predicted molar refractivity (Wildman–Crippen MR) is 118 cm³/mol. The number of aryl methyl sites for hydroxylation is 1. The minimum Gasteiger partial charge on any atom is -0.496 e. The SMILES string of the molecule is CCC(NC(=O)c1ccc(CN2CCCC(C)C2)cc1)c1ccc(OC)c(C)c1. The highest BCUT2D eigenvalue weighted by molar-refractivity contribution is 5.94. The maximum Gasteiger partial charge on any atom is 0.251 e. The lowest BCUT2D eigenvalue weighted by Crippen LogP contribution is -2.33. The summed E-state index contributed by atoms with van der Waals surface area (Å²) in [7, 11) is 1.68. The molecule has 3 rings (SSSR count). The predicted octanol–water partition coefficient (Wildman–Crippen LogP) is 5.12. The Morgan fingerprint density at radius 1 is 1.24 bits per heavy atom. The molecule has 1 amide bonds. The number of amides is 1. The number of rotatable bonds is 7. The number of nitrogens with one attached hydrogen (secondary N) is 1. The third kappa shape index (κ3) is 5.60. The molecule has 4 nitrogen and oxygen atoms in total. The van der Waals surface area contributed by atoms with Gasteiger partial charge in [0.05, 0.1) is 13.2 Å². The van der Waals surface area contributed by atoms with Gasteiger partial charge in [-0.3, -0.25) is 9.69 Å². The van der Waals surface area contributed by atoms with Crippen LogP contribution in [0.1, 0.15) is 66.2 Å². The molecule has 1 N–H and O–H groups in total. The van der Waals surface area contributed by atoms with E-state index in [0.717, 1.165) is 35.8 Å². The number of nitrogens with zero attached hydrogens (tertiary/aromatic N) is 1. The van der Waals surface area contributed by atoms with E-state index in [2.05, 4.69) is 42.3 Å². The first-order valence-corrected chi connectivity index (χ1v) is 10.8. The van der Waals surface area contributed by atoms with Crippen molar-refractivity contribution in [3.63, 3.8) is 0 Å². The van der Waals surface area contributed by atoms with Crippen molar-refractivity contribution in [2.45, 2.75) is 52.6 Å². The van der Waals surface area contributed by atoms with Gasteiger partial charge in [0.15, 0.2) is 0 Å². The second kappa shape index (κ2) is 9.93. The molecular weight excluding hydrogens is 360 g/mol. The van der Waals surface area contributed by atoms with Gasteiger partial charge in [-0.2, -0.15) is 0 Å². The Balaban J connectivity index is 1.62. The number of piperidine rings is 1. The van der Waals surface area contributed by atoms with Crippen LogP contribution in [0, 0.1) is 12.8 Å². The van der Waals surface area contributed by atoms with Gasteiger partial charge in [-0.15, -0.1) is 0 Å². The number of hydrogen-bond donors (Lipinski definition) is 1. The molecule has 0 bridgehead atoms. The van der Waals surface area contributed by atoms with Gasteiger partial charge in [0.25, 0.3) is 5.91 Å². The van der Waals surface area contributed by atoms with E-state index in [1.165, 1.54) is 31.5 Å². The molecular formula is C25H34N2O2. The molecule has 29 heavy (non-hydrogen) atoms. The molecule has 1 saturated heterocycles. The molecule has 0 radical (unpaired) electrons. The van der Waals surface area contributed by atoms with Crippen molar-refractivity contribution in [3.8, 4) is 5.75 Å². The van der Waals surface area contributed by atoms with Gasteiger partial charge >= 0.3 is 0 Å². The number of carbonyl (C=O) groups excluding carboxylic acids is 1. The Morgan fingerprint density at radius 3 is 2.62 bits per heavy atom. The van der Waals surface area contributed by atoms with Gasteiger partial charge in [-0.1, -0.05) is 38.1 Å². The van der Waals surface area contributed by atoms with Gasteiger partial charge in [0.1, 0.15) is 5.75 Å². The molecule has 0 aliphatic carbocycles. The third-order valence-electron chi connectivity index (χ3n) is 5.90. The Morgan fingerprint density at radius 2 is 2.00 bits per heavy atom. The molecule has 1 fully saturated rings. The van der Waals surface area contributed by atoms with Gasteiger partial charge in [-0.25, -0.2) is 0 Å². The normalized spacial score (nSPS) is 18.3. The van der Waals surface area contributed by atoms with Crippen molar-refractivity contribution in [3.05, 3.63) is 64.7 Å². The van der Waals surface area contributed by atoms with E-state index in [1.54, 1.807) is 7.11 Å². The molecule has 0 saturated carbocycles. The highest BCUT2D eigenvalue weighted by Gasteiger charge is 2.17. The van der Waals surface area contributed by atoms with E-state index in [4.69, 9.17) is 4.74 Å². The number of methoxy groups -OCH3 is 1. The van der Waals surface area contributed by atoms with Crippen molar-refractivity contribution >= 4 is 5.91 Å². The van der Waals surface area contributed by atoms with Crippen LogP contribution >= 0.6 is 0 Å². The van der Waals surface area contributed by atoms with E-state index in [1.807, 2.05) is 31.2 Å². The number of ether oxygens (including phenoxy) is 1. The van der Waals surface area contributed by atoms with E-state index >= 15 is 0 Å². The van der Waals surface area contributed by atoms with Crippen LogP contribution in [-0.2, 0) is 6.54 Å². The molecule has 1 aliphatic rings. The molecule has 2 aromatic carbocycles. The third-order valence-corrected chi connectivity index (χ3v) is 5.90. The molecule has 156 valence electrons. The first-order chi connectivity index (χ1) is 14.0. The van der Waals surface area contributed by atoms with E-state index in [0.29, 0.717) is 5.56 Å².